The number of nitrogens with zero attached hydrogens (tertiary/aromatic N) is 5. The van der Waals surface area contributed by atoms with E-state index in [1.54, 1.807) is 37.4 Å². The molecule has 0 aliphatic carbocycles. The fraction of sp³-hybridized carbons (Fsp3) is 0.294. The predicted molar refractivity (Wildman–Crippen MR) is 105 cm³/mol. The third-order valence-electron chi connectivity index (χ3n) is 4.01. The SMILES string of the molecule is [C-]#[N+]c1ccc(C(C)N(CC(=O)OC)c2nc(SC)nc(N)c2[N+](=O)[O-])cc1. The molecule has 146 valence electrons. The van der Waals surface area contributed by atoms with E-state index in [4.69, 9.17) is 17.0 Å². The van der Waals surface area contributed by atoms with Crippen LogP contribution in [0.25, 0.3) is 4.85 Å². The second kappa shape index (κ2) is 9.01. The van der Waals surface area contributed by atoms with Crippen molar-refractivity contribution in [2.45, 2.75) is 18.1 Å². The summed E-state index contributed by atoms with van der Waals surface area (Å²) in [5.74, 6) is -0.958. The molecular weight excluding hydrogens is 384 g/mol. The van der Waals surface area contributed by atoms with Gasteiger partial charge in [0.25, 0.3) is 0 Å². The first-order valence-corrected chi connectivity index (χ1v) is 9.21. The van der Waals surface area contributed by atoms with Crippen LogP contribution in [0.15, 0.2) is 29.4 Å². The molecule has 0 fully saturated rings. The molecule has 0 saturated heterocycles. The van der Waals surface area contributed by atoms with Crippen LogP contribution in [0.1, 0.15) is 18.5 Å². The smallest absolute Gasteiger partial charge is 0.353 e. The van der Waals surface area contributed by atoms with Gasteiger partial charge in [-0.25, -0.2) is 4.85 Å². The fourth-order valence-corrected chi connectivity index (χ4v) is 2.88. The lowest BCUT2D eigenvalue weighted by molar-refractivity contribution is -0.383. The molecule has 10 nitrogen and oxygen atoms in total. The highest BCUT2D eigenvalue weighted by atomic mass is 32.2. The number of rotatable bonds is 7. The number of benzene rings is 1. The maximum Gasteiger partial charge on any atom is 0.353 e. The number of nitro groups is 1. The van der Waals surface area contributed by atoms with Gasteiger partial charge in [-0.3, -0.25) is 14.9 Å². The number of anilines is 2. The van der Waals surface area contributed by atoms with Gasteiger partial charge in [-0.15, -0.1) is 0 Å². The van der Waals surface area contributed by atoms with E-state index >= 15 is 0 Å². The zero-order valence-corrected chi connectivity index (χ0v) is 16.3. The maximum absolute atomic E-state index is 12.0. The normalized spacial score (nSPS) is 11.4. The van der Waals surface area contributed by atoms with Gasteiger partial charge in [-0.2, -0.15) is 9.97 Å². The molecule has 0 radical (unpaired) electrons. The summed E-state index contributed by atoms with van der Waals surface area (Å²) < 4.78 is 4.74. The van der Waals surface area contributed by atoms with Crippen LogP contribution >= 0.6 is 11.8 Å². The summed E-state index contributed by atoms with van der Waals surface area (Å²) in [4.78, 5) is 35.9. The summed E-state index contributed by atoms with van der Waals surface area (Å²) in [6.45, 7) is 8.52. The van der Waals surface area contributed by atoms with Crippen molar-refractivity contribution in [1.29, 1.82) is 0 Å². The van der Waals surface area contributed by atoms with E-state index in [2.05, 4.69) is 14.8 Å². The molecule has 1 unspecified atom stereocenters. The van der Waals surface area contributed by atoms with Crippen molar-refractivity contribution < 1.29 is 14.5 Å². The molecule has 2 N–H and O–H groups in total. The van der Waals surface area contributed by atoms with E-state index in [9.17, 15) is 14.9 Å². The highest BCUT2D eigenvalue weighted by Gasteiger charge is 2.32. The van der Waals surface area contributed by atoms with E-state index in [0.29, 0.717) is 5.69 Å². The van der Waals surface area contributed by atoms with Gasteiger partial charge in [0.15, 0.2) is 10.8 Å². The first kappa shape index (κ1) is 20.9. The van der Waals surface area contributed by atoms with Crippen molar-refractivity contribution in [1.82, 2.24) is 9.97 Å². The number of hydrogen-bond acceptors (Lipinski definition) is 9. The molecule has 0 amide bonds. The highest BCUT2D eigenvalue weighted by Crippen LogP contribution is 2.37. The van der Waals surface area contributed by atoms with E-state index in [1.165, 1.54) is 23.8 Å². The Balaban J connectivity index is 2.62. The fourth-order valence-electron chi connectivity index (χ4n) is 2.51. The van der Waals surface area contributed by atoms with E-state index in [-0.39, 0.29) is 23.3 Å². The molecule has 2 aromatic rings. The summed E-state index contributed by atoms with van der Waals surface area (Å²) >= 11 is 1.17. The third-order valence-corrected chi connectivity index (χ3v) is 4.56. The Kier molecular flexibility index (Phi) is 6.73. The quantitative estimate of drug-likeness (QED) is 0.185. The third kappa shape index (κ3) is 4.47. The van der Waals surface area contributed by atoms with Crippen LogP contribution in [0.4, 0.5) is 23.0 Å². The Bertz CT molecular complexity index is 928. The van der Waals surface area contributed by atoms with E-state index < -0.39 is 22.6 Å². The van der Waals surface area contributed by atoms with E-state index in [0.717, 1.165) is 5.56 Å². The largest absolute Gasteiger partial charge is 0.468 e. The van der Waals surface area contributed by atoms with Gasteiger partial charge >= 0.3 is 11.7 Å². The second-order valence-corrected chi connectivity index (χ2v) is 6.38. The van der Waals surface area contributed by atoms with Gasteiger partial charge in [0.05, 0.1) is 24.6 Å². The summed E-state index contributed by atoms with van der Waals surface area (Å²) in [6.07, 6.45) is 1.71. The average molecular weight is 402 g/mol. The van der Waals surface area contributed by atoms with Crippen LogP contribution in [-0.2, 0) is 9.53 Å². The van der Waals surface area contributed by atoms with Crippen molar-refractivity contribution >= 4 is 40.7 Å². The minimum atomic E-state index is -0.673. The van der Waals surface area contributed by atoms with E-state index in [1.807, 2.05) is 0 Å². The van der Waals surface area contributed by atoms with Gasteiger partial charge < -0.3 is 15.4 Å². The number of ether oxygens (including phenoxy) is 1. The standard InChI is InChI=1S/C17H18N6O4S/c1-10(11-5-7-12(19-2)8-6-11)22(9-13(24)27-3)16-14(23(25)26)15(18)20-17(21-16)28-4/h5-8,10H,9H2,1,3-4H3,(H2,18,20,21). The number of thioether (sulfide) groups is 1. The van der Waals surface area contributed by atoms with Crippen LogP contribution in [0.2, 0.25) is 0 Å². The minimum absolute atomic E-state index is 0.0750. The number of hydrogen-bond donors (Lipinski definition) is 1. The number of aromatic nitrogens is 2. The zero-order valence-electron chi connectivity index (χ0n) is 15.4. The molecule has 0 aliphatic rings. The summed E-state index contributed by atoms with van der Waals surface area (Å²) in [7, 11) is 1.23. The molecule has 11 heteroatoms. The molecule has 0 saturated carbocycles. The monoisotopic (exact) mass is 402 g/mol. The molecule has 0 spiro atoms. The van der Waals surface area contributed by atoms with Gasteiger partial charge in [0.1, 0.15) is 6.54 Å². The van der Waals surface area contributed by atoms with Gasteiger partial charge in [-0.1, -0.05) is 36.0 Å². The number of nitrogen functional groups attached to an aromatic ring is 1. The minimum Gasteiger partial charge on any atom is -0.468 e. The summed E-state index contributed by atoms with van der Waals surface area (Å²) in [5, 5.41) is 11.8. The molecule has 1 aromatic heterocycles. The van der Waals surface area contributed by atoms with Crippen molar-refractivity contribution in [2.75, 3.05) is 30.5 Å². The van der Waals surface area contributed by atoms with Crippen LogP contribution in [0, 0.1) is 16.7 Å². The Hall–Kier alpha value is -3.39. The average Bonchev–Trinajstić information content (AvgIpc) is 2.70. The molecule has 0 aliphatic heterocycles. The van der Waals surface area contributed by atoms with Crippen LogP contribution in [0.5, 0.6) is 0 Å². The lowest BCUT2D eigenvalue weighted by Crippen LogP contribution is -2.34. The molecule has 1 atom stereocenters. The Morgan fingerprint density at radius 2 is 2.07 bits per heavy atom. The molecule has 28 heavy (non-hydrogen) atoms. The lowest BCUT2D eigenvalue weighted by Gasteiger charge is -2.29. The zero-order chi connectivity index (χ0) is 20.8. The number of methoxy groups -OCH3 is 1. The Morgan fingerprint density at radius 3 is 2.57 bits per heavy atom. The number of carbonyl (C=O) groups excluding carboxylic acids is 1. The number of nitrogens with two attached hydrogens (primary N) is 1. The highest BCUT2D eigenvalue weighted by molar-refractivity contribution is 7.98. The van der Waals surface area contributed by atoms with Gasteiger partial charge in [0, 0.05) is 0 Å². The van der Waals surface area contributed by atoms with Gasteiger partial charge in [-0.05, 0) is 18.7 Å². The molecular formula is C17H18N6O4S. The molecule has 2 rings (SSSR count). The molecule has 1 heterocycles. The predicted octanol–water partition coefficient (Wildman–Crippen LogP) is 2.98. The summed E-state index contributed by atoms with van der Waals surface area (Å²) in [6, 6.07) is 6.19. The summed E-state index contributed by atoms with van der Waals surface area (Å²) in [5.41, 5.74) is 6.50. The maximum atomic E-state index is 12.0. The van der Waals surface area contributed by atoms with Crippen molar-refractivity contribution in [3.8, 4) is 0 Å². The lowest BCUT2D eigenvalue weighted by atomic mass is 10.1. The number of esters is 1. The Labute approximate surface area is 165 Å². The van der Waals surface area contributed by atoms with Crippen LogP contribution in [0.3, 0.4) is 0 Å². The Morgan fingerprint density at radius 1 is 1.43 bits per heavy atom. The first-order chi connectivity index (χ1) is 13.3. The van der Waals surface area contributed by atoms with Crippen molar-refractivity contribution in [3.05, 3.63) is 51.4 Å². The first-order valence-electron chi connectivity index (χ1n) is 7.99. The van der Waals surface area contributed by atoms with Crippen molar-refractivity contribution in [3.63, 3.8) is 0 Å². The topological polar surface area (TPSA) is 129 Å². The second-order valence-electron chi connectivity index (χ2n) is 5.61. The van der Waals surface area contributed by atoms with Crippen molar-refractivity contribution in [2.24, 2.45) is 0 Å². The molecule has 1 aromatic carbocycles. The van der Waals surface area contributed by atoms with Crippen LogP contribution in [-0.4, -0.2) is 40.8 Å². The number of carbonyl (C=O) groups is 1. The van der Waals surface area contributed by atoms with Crippen LogP contribution < -0.4 is 10.6 Å². The molecule has 0 bridgehead atoms. The van der Waals surface area contributed by atoms with Gasteiger partial charge in [0.2, 0.25) is 11.6 Å².